The van der Waals surface area contributed by atoms with E-state index in [0.717, 1.165) is 66.1 Å². The van der Waals surface area contributed by atoms with Crippen molar-refractivity contribution in [3.8, 4) is 51.6 Å². The highest BCUT2D eigenvalue weighted by Crippen LogP contribution is 2.42. The molecule has 5 heteroatoms. The lowest BCUT2D eigenvalue weighted by atomic mass is 9.87. The minimum absolute atomic E-state index is 0.269. The predicted octanol–water partition coefficient (Wildman–Crippen LogP) is 10.1. The van der Waals surface area contributed by atoms with E-state index in [0.29, 0.717) is 11.1 Å². The van der Waals surface area contributed by atoms with Crippen LogP contribution in [-0.2, 0) is 0 Å². The molecule has 8 aromatic rings. The van der Waals surface area contributed by atoms with Crippen molar-refractivity contribution in [3.63, 3.8) is 0 Å². The van der Waals surface area contributed by atoms with Crippen LogP contribution < -0.4 is 0 Å². The summed E-state index contributed by atoms with van der Waals surface area (Å²) in [5.41, 5.74) is 8.95. The molecule has 0 radical (unpaired) electrons. The third-order valence-corrected chi connectivity index (χ3v) is 8.15. The molecule has 0 unspecified atom stereocenters. The summed E-state index contributed by atoms with van der Waals surface area (Å²) in [4.78, 5) is 0. The van der Waals surface area contributed by atoms with E-state index in [2.05, 4.69) is 42.5 Å². The Morgan fingerprint density at radius 2 is 1.05 bits per heavy atom. The summed E-state index contributed by atoms with van der Waals surface area (Å²) in [5, 5.41) is 33.8. The largest absolute Gasteiger partial charge is 0.456 e. The molecule has 2 heterocycles. The quantitative estimate of drug-likeness (QED) is 0.214. The fourth-order valence-corrected chi connectivity index (χ4v) is 6.21. The van der Waals surface area contributed by atoms with Crippen LogP contribution in [0.3, 0.4) is 0 Å². The molecule has 2 aromatic heterocycles. The first kappa shape index (κ1) is 25.1. The Morgan fingerprint density at radius 1 is 0.432 bits per heavy atom. The van der Waals surface area contributed by atoms with Gasteiger partial charge in [-0.15, -0.1) is 0 Å². The molecule has 0 saturated carbocycles. The summed E-state index contributed by atoms with van der Waals surface area (Å²) < 4.78 is 12.3. The van der Waals surface area contributed by atoms with Gasteiger partial charge in [0.25, 0.3) is 0 Å². The molecule has 0 N–H and O–H groups in total. The Hall–Kier alpha value is -6.61. The highest BCUT2D eigenvalue weighted by Gasteiger charge is 2.19. The van der Waals surface area contributed by atoms with Gasteiger partial charge in [-0.3, -0.25) is 0 Å². The van der Waals surface area contributed by atoms with Crippen LogP contribution in [0, 0.1) is 34.0 Å². The van der Waals surface area contributed by atoms with Crippen molar-refractivity contribution in [2.75, 3.05) is 0 Å². The highest BCUT2D eigenvalue weighted by atomic mass is 16.3. The highest BCUT2D eigenvalue weighted by molar-refractivity contribution is 6.13. The van der Waals surface area contributed by atoms with Gasteiger partial charge in [-0.25, -0.2) is 0 Å². The number of rotatable bonds is 3. The monoisotopic (exact) mass is 561 g/mol. The Labute approximate surface area is 251 Å². The average Bonchev–Trinajstić information content (AvgIpc) is 3.65. The number of hydrogen-bond acceptors (Lipinski definition) is 5. The van der Waals surface area contributed by atoms with E-state index in [4.69, 9.17) is 8.83 Å². The number of nitrogens with zero attached hydrogens (tertiary/aromatic N) is 3. The van der Waals surface area contributed by atoms with Crippen molar-refractivity contribution >= 4 is 43.9 Å². The first-order valence-corrected chi connectivity index (χ1v) is 14.0. The molecule has 0 saturated heterocycles. The van der Waals surface area contributed by atoms with Crippen LogP contribution in [0.15, 0.2) is 124 Å². The van der Waals surface area contributed by atoms with Gasteiger partial charge < -0.3 is 8.83 Å². The molecule has 6 aromatic carbocycles. The van der Waals surface area contributed by atoms with Gasteiger partial charge in [0.05, 0.1) is 34.9 Å². The van der Waals surface area contributed by atoms with E-state index < -0.39 is 0 Å². The maximum absolute atomic E-state index is 10.1. The number of fused-ring (bicyclic) bond motifs is 6. The maximum Gasteiger partial charge on any atom is 0.136 e. The summed E-state index contributed by atoms with van der Waals surface area (Å²) in [6, 6.07) is 43.8. The molecule has 0 aliphatic heterocycles. The summed E-state index contributed by atoms with van der Waals surface area (Å²) >= 11 is 0. The zero-order valence-electron chi connectivity index (χ0n) is 23.1. The van der Waals surface area contributed by atoms with Gasteiger partial charge >= 0.3 is 0 Å². The van der Waals surface area contributed by atoms with Gasteiger partial charge in [0.1, 0.15) is 22.3 Å². The lowest BCUT2D eigenvalue weighted by Crippen LogP contribution is -1.94. The third kappa shape index (κ3) is 3.84. The molecular weight excluding hydrogens is 542 g/mol. The lowest BCUT2D eigenvalue weighted by molar-refractivity contribution is 0.668. The summed E-state index contributed by atoms with van der Waals surface area (Å²) in [6.07, 6.45) is 0. The average molecular weight is 562 g/mol. The van der Waals surface area contributed by atoms with Crippen molar-refractivity contribution in [2.24, 2.45) is 0 Å². The molecule has 0 amide bonds. The molecule has 0 fully saturated rings. The summed E-state index contributed by atoms with van der Waals surface area (Å²) in [6.45, 7) is 0. The maximum atomic E-state index is 10.1. The number of hydrogen-bond donors (Lipinski definition) is 0. The number of para-hydroxylation sites is 2. The minimum atomic E-state index is 0.269. The van der Waals surface area contributed by atoms with E-state index >= 15 is 0 Å². The SMILES string of the molecule is N#Cc1cc(C#N)c(-c2cc(-c3ccc4oc5ccccc5c4c3)cc(-c3cccc4oc5ccccc5c34)c2)c(C#N)c1. The molecule has 44 heavy (non-hydrogen) atoms. The third-order valence-electron chi connectivity index (χ3n) is 8.15. The molecular formula is C39H19N3O2. The molecule has 0 spiro atoms. The van der Waals surface area contributed by atoms with E-state index in [-0.39, 0.29) is 16.7 Å². The normalized spacial score (nSPS) is 11.1. The van der Waals surface area contributed by atoms with Crippen molar-refractivity contribution in [1.29, 1.82) is 15.8 Å². The van der Waals surface area contributed by atoms with Crippen LogP contribution in [0.4, 0.5) is 0 Å². The fraction of sp³-hybridized carbons (Fsp3) is 0. The second kappa shape index (κ2) is 9.74. The Kier molecular flexibility index (Phi) is 5.56. The molecule has 0 bridgehead atoms. The van der Waals surface area contributed by atoms with Gasteiger partial charge in [0.2, 0.25) is 0 Å². The van der Waals surface area contributed by atoms with Gasteiger partial charge in [-0.1, -0.05) is 54.6 Å². The van der Waals surface area contributed by atoms with Crippen molar-refractivity contribution in [2.45, 2.75) is 0 Å². The Balaban J connectivity index is 1.45. The Bertz CT molecular complexity index is 2570. The molecule has 0 aliphatic rings. The fourth-order valence-electron chi connectivity index (χ4n) is 6.21. The predicted molar refractivity (Wildman–Crippen MR) is 171 cm³/mol. The van der Waals surface area contributed by atoms with Crippen LogP contribution >= 0.6 is 0 Å². The molecule has 5 nitrogen and oxygen atoms in total. The van der Waals surface area contributed by atoms with Crippen LogP contribution in [-0.4, -0.2) is 0 Å². The topological polar surface area (TPSA) is 97.7 Å². The van der Waals surface area contributed by atoms with Crippen molar-refractivity contribution < 1.29 is 8.83 Å². The second-order valence-corrected chi connectivity index (χ2v) is 10.7. The second-order valence-electron chi connectivity index (χ2n) is 10.7. The minimum Gasteiger partial charge on any atom is -0.456 e. The first-order chi connectivity index (χ1) is 21.6. The summed E-state index contributed by atoms with van der Waals surface area (Å²) in [5.74, 6) is 0. The summed E-state index contributed by atoms with van der Waals surface area (Å²) in [7, 11) is 0. The number of nitriles is 3. The molecule has 0 atom stereocenters. The molecule has 8 rings (SSSR count). The van der Waals surface area contributed by atoms with E-state index in [1.165, 1.54) is 12.1 Å². The smallest absolute Gasteiger partial charge is 0.136 e. The standard InChI is InChI=1S/C39H19N3O2/c40-20-23-14-28(21-41)38(29(15-23)22-42)27-17-25(24-12-13-36-33(19-24)31-6-1-3-9-34(31)43-36)16-26(18-27)30-8-5-11-37-39(30)32-7-2-4-10-35(32)44-37/h1-19H. The first-order valence-electron chi connectivity index (χ1n) is 14.0. The van der Waals surface area contributed by atoms with Crippen LogP contribution in [0.25, 0.3) is 77.3 Å². The van der Waals surface area contributed by atoms with Crippen molar-refractivity contribution in [3.05, 3.63) is 132 Å². The lowest BCUT2D eigenvalue weighted by Gasteiger charge is -2.14. The van der Waals surface area contributed by atoms with Crippen LogP contribution in [0.5, 0.6) is 0 Å². The zero-order chi connectivity index (χ0) is 29.8. The van der Waals surface area contributed by atoms with Gasteiger partial charge in [0.15, 0.2) is 0 Å². The zero-order valence-corrected chi connectivity index (χ0v) is 23.1. The number of benzene rings is 6. The Morgan fingerprint density at radius 3 is 1.80 bits per heavy atom. The van der Waals surface area contributed by atoms with Crippen LogP contribution in [0.2, 0.25) is 0 Å². The van der Waals surface area contributed by atoms with E-state index in [1.807, 2.05) is 78.9 Å². The van der Waals surface area contributed by atoms with Crippen LogP contribution in [0.1, 0.15) is 16.7 Å². The molecule has 202 valence electrons. The van der Waals surface area contributed by atoms with Gasteiger partial charge in [-0.2, -0.15) is 15.8 Å². The molecule has 0 aliphatic carbocycles. The van der Waals surface area contributed by atoms with Crippen molar-refractivity contribution in [1.82, 2.24) is 0 Å². The number of furan rings is 2. The van der Waals surface area contributed by atoms with E-state index in [9.17, 15) is 15.8 Å². The van der Waals surface area contributed by atoms with Gasteiger partial charge in [-0.05, 0) is 88.5 Å². The van der Waals surface area contributed by atoms with E-state index in [1.54, 1.807) is 0 Å². The van der Waals surface area contributed by atoms with Gasteiger partial charge in [0, 0.05) is 27.1 Å².